The number of carbonyl (C=O) groups is 3. The molecule has 1 aliphatic heterocycles. The highest BCUT2D eigenvalue weighted by Gasteiger charge is 2.35. The van der Waals surface area contributed by atoms with Crippen LogP contribution in [0.2, 0.25) is 0 Å². The average molecular weight is 375 g/mol. The van der Waals surface area contributed by atoms with Crippen molar-refractivity contribution in [3.05, 3.63) is 71.8 Å². The predicted molar refractivity (Wildman–Crippen MR) is 103 cm³/mol. The van der Waals surface area contributed by atoms with Crippen molar-refractivity contribution in [1.29, 1.82) is 0 Å². The molecule has 6 nitrogen and oxygen atoms in total. The van der Waals surface area contributed by atoms with Crippen molar-refractivity contribution in [2.75, 3.05) is 13.7 Å². The summed E-state index contributed by atoms with van der Waals surface area (Å²) in [6.45, 7) is -0.0212. The number of benzene rings is 3. The normalized spacial score (nSPS) is 13.0. The highest BCUT2D eigenvalue weighted by Crippen LogP contribution is 2.26. The van der Waals surface area contributed by atoms with Crippen LogP contribution in [0.4, 0.5) is 0 Å². The molecular formula is C22H17NO5. The zero-order chi connectivity index (χ0) is 19.7. The fourth-order valence-corrected chi connectivity index (χ4v) is 3.22. The maximum Gasteiger partial charge on any atom is 0.312 e. The summed E-state index contributed by atoms with van der Waals surface area (Å²) in [5.41, 5.74) is 0.730. The molecule has 0 bridgehead atoms. The molecule has 1 heterocycles. The number of esters is 1. The Kier molecular flexibility index (Phi) is 4.53. The van der Waals surface area contributed by atoms with E-state index in [1.165, 1.54) is 0 Å². The smallest absolute Gasteiger partial charge is 0.312 e. The summed E-state index contributed by atoms with van der Waals surface area (Å²) in [5, 5.41) is 1.87. The van der Waals surface area contributed by atoms with E-state index < -0.39 is 5.97 Å². The van der Waals surface area contributed by atoms with E-state index in [1.807, 2.05) is 24.3 Å². The highest BCUT2D eigenvalue weighted by atomic mass is 16.5. The third-order valence-corrected chi connectivity index (χ3v) is 4.67. The van der Waals surface area contributed by atoms with Crippen LogP contribution in [0.5, 0.6) is 11.5 Å². The van der Waals surface area contributed by atoms with Crippen LogP contribution in [0.25, 0.3) is 10.8 Å². The number of hydrogen-bond acceptors (Lipinski definition) is 5. The first-order valence-electron chi connectivity index (χ1n) is 8.80. The lowest BCUT2D eigenvalue weighted by atomic mass is 10.1. The summed E-state index contributed by atoms with van der Waals surface area (Å²) in [7, 11) is 1.59. The second-order valence-electron chi connectivity index (χ2n) is 6.41. The van der Waals surface area contributed by atoms with E-state index in [4.69, 9.17) is 9.47 Å². The maximum atomic E-state index is 12.3. The lowest BCUT2D eigenvalue weighted by molar-refractivity contribution is -0.134. The molecule has 0 aliphatic carbocycles. The van der Waals surface area contributed by atoms with Gasteiger partial charge in [0.15, 0.2) is 0 Å². The van der Waals surface area contributed by atoms with Gasteiger partial charge in [-0.25, -0.2) is 0 Å². The lowest BCUT2D eigenvalue weighted by Crippen LogP contribution is -2.32. The summed E-state index contributed by atoms with van der Waals surface area (Å²) in [4.78, 5) is 38.0. The van der Waals surface area contributed by atoms with Gasteiger partial charge < -0.3 is 9.47 Å². The highest BCUT2D eigenvalue weighted by molar-refractivity contribution is 6.21. The molecule has 3 aromatic rings. The van der Waals surface area contributed by atoms with Crippen molar-refractivity contribution < 1.29 is 23.9 Å². The third-order valence-electron chi connectivity index (χ3n) is 4.67. The van der Waals surface area contributed by atoms with E-state index in [0.717, 1.165) is 15.7 Å². The Labute approximate surface area is 161 Å². The minimum atomic E-state index is -0.515. The van der Waals surface area contributed by atoms with Crippen LogP contribution in [0, 0.1) is 0 Å². The van der Waals surface area contributed by atoms with E-state index in [9.17, 15) is 14.4 Å². The molecular weight excluding hydrogens is 358 g/mol. The van der Waals surface area contributed by atoms with Crippen LogP contribution in [-0.2, 0) is 4.79 Å². The van der Waals surface area contributed by atoms with Crippen LogP contribution in [0.15, 0.2) is 60.7 Å². The number of amides is 2. The SMILES string of the molecule is COc1ccc2ccc(OC(=O)CCN3C(=O)c4ccccc4C3=O)cc2c1. The van der Waals surface area contributed by atoms with Gasteiger partial charge in [0, 0.05) is 6.54 Å². The molecule has 0 radical (unpaired) electrons. The van der Waals surface area contributed by atoms with Crippen molar-refractivity contribution in [3.63, 3.8) is 0 Å². The standard InChI is InChI=1S/C22H17NO5/c1-27-16-8-6-14-7-9-17(13-15(14)12-16)28-20(24)10-11-23-21(25)18-4-2-3-5-19(18)22(23)26/h2-9,12-13H,10-11H2,1H3. The topological polar surface area (TPSA) is 72.9 Å². The van der Waals surface area contributed by atoms with Crippen molar-refractivity contribution in [2.45, 2.75) is 6.42 Å². The van der Waals surface area contributed by atoms with Gasteiger partial charge in [0.2, 0.25) is 0 Å². The van der Waals surface area contributed by atoms with Crippen molar-refractivity contribution >= 4 is 28.6 Å². The molecule has 4 rings (SSSR count). The Morgan fingerprint density at radius 3 is 2.11 bits per heavy atom. The monoisotopic (exact) mass is 375 g/mol. The zero-order valence-electron chi connectivity index (χ0n) is 15.2. The molecule has 28 heavy (non-hydrogen) atoms. The average Bonchev–Trinajstić information content (AvgIpc) is 2.96. The number of imide groups is 1. The maximum absolute atomic E-state index is 12.3. The molecule has 6 heteroatoms. The Bertz CT molecular complexity index is 1070. The summed E-state index contributed by atoms with van der Waals surface area (Å²) in [6, 6.07) is 17.6. The van der Waals surface area contributed by atoms with Crippen LogP contribution in [0.3, 0.4) is 0 Å². The second-order valence-corrected chi connectivity index (χ2v) is 6.41. The van der Waals surface area contributed by atoms with Gasteiger partial charge in [-0.1, -0.05) is 24.3 Å². The van der Waals surface area contributed by atoms with Gasteiger partial charge in [0.1, 0.15) is 11.5 Å². The molecule has 0 spiro atoms. The minimum absolute atomic E-state index is 0.0212. The molecule has 0 aromatic heterocycles. The van der Waals surface area contributed by atoms with E-state index in [1.54, 1.807) is 43.5 Å². The fraction of sp³-hybridized carbons (Fsp3) is 0.136. The van der Waals surface area contributed by atoms with Crippen molar-refractivity contribution in [2.24, 2.45) is 0 Å². The van der Waals surface area contributed by atoms with E-state index in [2.05, 4.69) is 0 Å². The summed E-state index contributed by atoms with van der Waals surface area (Å²) >= 11 is 0. The van der Waals surface area contributed by atoms with Gasteiger partial charge in [-0.15, -0.1) is 0 Å². The molecule has 0 unspecified atom stereocenters. The van der Waals surface area contributed by atoms with E-state index in [-0.39, 0.29) is 24.8 Å². The van der Waals surface area contributed by atoms with Crippen LogP contribution >= 0.6 is 0 Å². The zero-order valence-corrected chi connectivity index (χ0v) is 15.2. The van der Waals surface area contributed by atoms with Crippen molar-refractivity contribution in [1.82, 2.24) is 4.90 Å². The second kappa shape index (κ2) is 7.15. The molecule has 140 valence electrons. The van der Waals surface area contributed by atoms with Crippen LogP contribution in [0.1, 0.15) is 27.1 Å². The summed E-state index contributed by atoms with van der Waals surface area (Å²) in [6.07, 6.45) is -0.0817. The number of fused-ring (bicyclic) bond motifs is 2. The molecule has 3 aromatic carbocycles. The summed E-state index contributed by atoms with van der Waals surface area (Å²) in [5.74, 6) is -0.175. The number of carbonyl (C=O) groups excluding carboxylic acids is 3. The Balaban J connectivity index is 1.42. The first kappa shape index (κ1) is 17.7. The first-order chi connectivity index (χ1) is 13.6. The third kappa shape index (κ3) is 3.20. The quantitative estimate of drug-likeness (QED) is 0.388. The van der Waals surface area contributed by atoms with E-state index >= 15 is 0 Å². The van der Waals surface area contributed by atoms with Crippen LogP contribution in [-0.4, -0.2) is 36.3 Å². The number of methoxy groups -OCH3 is 1. The lowest BCUT2D eigenvalue weighted by Gasteiger charge is -2.13. The van der Waals surface area contributed by atoms with Gasteiger partial charge in [0.25, 0.3) is 11.8 Å². The Morgan fingerprint density at radius 2 is 1.46 bits per heavy atom. The summed E-state index contributed by atoms with van der Waals surface area (Å²) < 4.78 is 10.6. The largest absolute Gasteiger partial charge is 0.497 e. The number of hydrogen-bond donors (Lipinski definition) is 0. The predicted octanol–water partition coefficient (Wildman–Crippen LogP) is 3.44. The van der Waals surface area contributed by atoms with Gasteiger partial charge in [-0.05, 0) is 47.2 Å². The number of nitrogens with zero attached hydrogens (tertiary/aromatic N) is 1. The molecule has 0 fully saturated rings. The first-order valence-corrected chi connectivity index (χ1v) is 8.80. The van der Waals surface area contributed by atoms with Crippen molar-refractivity contribution in [3.8, 4) is 11.5 Å². The van der Waals surface area contributed by atoms with Crippen LogP contribution < -0.4 is 9.47 Å². The number of ether oxygens (including phenoxy) is 2. The fourth-order valence-electron chi connectivity index (χ4n) is 3.22. The Morgan fingerprint density at radius 1 is 0.857 bits per heavy atom. The molecule has 0 N–H and O–H groups in total. The van der Waals surface area contributed by atoms with E-state index in [0.29, 0.717) is 22.6 Å². The van der Waals surface area contributed by atoms with Gasteiger partial charge in [-0.2, -0.15) is 0 Å². The Hall–Kier alpha value is -3.67. The number of rotatable bonds is 5. The van der Waals surface area contributed by atoms with Gasteiger partial charge in [-0.3, -0.25) is 19.3 Å². The minimum Gasteiger partial charge on any atom is -0.497 e. The molecule has 1 aliphatic rings. The van der Waals surface area contributed by atoms with Gasteiger partial charge in [0.05, 0.1) is 24.7 Å². The van der Waals surface area contributed by atoms with Gasteiger partial charge >= 0.3 is 5.97 Å². The molecule has 0 saturated carbocycles. The molecule has 0 saturated heterocycles. The molecule has 2 amide bonds. The molecule has 0 atom stereocenters.